The Morgan fingerprint density at radius 2 is 2.14 bits per heavy atom. The van der Waals surface area contributed by atoms with Gasteiger partial charge in [0.05, 0.1) is 23.5 Å². The average molecular weight is 308 g/mol. The summed E-state index contributed by atoms with van der Waals surface area (Å²) >= 11 is 6.32. The summed E-state index contributed by atoms with van der Waals surface area (Å²) in [5.74, 6) is 1.20. The second-order valence-electron chi connectivity index (χ2n) is 5.33. The van der Waals surface area contributed by atoms with Crippen LogP contribution in [0.2, 0.25) is 5.02 Å². The summed E-state index contributed by atoms with van der Waals surface area (Å²) in [5, 5.41) is 5.11. The van der Waals surface area contributed by atoms with Crippen molar-refractivity contribution in [1.82, 2.24) is 9.78 Å². The molecule has 2 aromatic rings. The first-order valence-corrected chi connectivity index (χ1v) is 7.44. The monoisotopic (exact) mass is 307 g/mol. The molecule has 0 aliphatic carbocycles. The third-order valence-corrected chi connectivity index (χ3v) is 4.23. The molecule has 1 atom stereocenters. The maximum absolute atomic E-state index is 6.32. The van der Waals surface area contributed by atoms with E-state index in [0.717, 1.165) is 35.0 Å². The lowest BCUT2D eigenvalue weighted by Crippen LogP contribution is -2.20. The number of hydrogen-bond acceptors (Lipinski definition) is 3. The largest absolute Gasteiger partial charge is 0.497 e. The minimum Gasteiger partial charge on any atom is -0.497 e. The zero-order chi connectivity index (χ0) is 15.4. The molecule has 0 radical (unpaired) electrons. The summed E-state index contributed by atoms with van der Waals surface area (Å²) in [4.78, 5) is 0. The Morgan fingerprint density at radius 1 is 1.38 bits per heavy atom. The fourth-order valence-electron chi connectivity index (χ4n) is 2.55. The van der Waals surface area contributed by atoms with Gasteiger partial charge in [-0.3, -0.25) is 4.68 Å². The second kappa shape index (κ2) is 6.96. The van der Waals surface area contributed by atoms with Crippen molar-refractivity contribution in [2.75, 3.05) is 13.7 Å². The Balaban J connectivity index is 2.13. The lowest BCUT2D eigenvalue weighted by molar-refractivity contribution is 0.413. The molecular formula is C16H22ClN3O. The lowest BCUT2D eigenvalue weighted by atomic mass is 9.94. The molecule has 2 rings (SSSR count). The Labute approximate surface area is 130 Å². The highest BCUT2D eigenvalue weighted by Crippen LogP contribution is 2.24. The van der Waals surface area contributed by atoms with Crippen LogP contribution in [0.3, 0.4) is 0 Å². The van der Waals surface area contributed by atoms with E-state index in [1.54, 1.807) is 7.11 Å². The van der Waals surface area contributed by atoms with Gasteiger partial charge in [0.15, 0.2) is 0 Å². The SMILES string of the molecule is COc1cccc(CC(CN)Cc2c(Cl)c(C)nn2C)c1. The van der Waals surface area contributed by atoms with Crippen molar-refractivity contribution < 1.29 is 4.74 Å². The van der Waals surface area contributed by atoms with Crippen molar-refractivity contribution in [2.45, 2.75) is 19.8 Å². The summed E-state index contributed by atoms with van der Waals surface area (Å²) in [6.45, 7) is 2.53. The minimum absolute atomic E-state index is 0.324. The number of aryl methyl sites for hydroxylation is 2. The predicted molar refractivity (Wildman–Crippen MR) is 85.9 cm³/mol. The average Bonchev–Trinajstić information content (AvgIpc) is 2.73. The van der Waals surface area contributed by atoms with Crippen LogP contribution in [-0.4, -0.2) is 23.4 Å². The van der Waals surface area contributed by atoms with Gasteiger partial charge in [0.25, 0.3) is 0 Å². The first-order valence-electron chi connectivity index (χ1n) is 7.06. The van der Waals surface area contributed by atoms with Crippen LogP contribution in [0.4, 0.5) is 0 Å². The van der Waals surface area contributed by atoms with Crippen molar-refractivity contribution in [2.24, 2.45) is 18.7 Å². The van der Waals surface area contributed by atoms with E-state index in [4.69, 9.17) is 22.1 Å². The fourth-order valence-corrected chi connectivity index (χ4v) is 2.78. The summed E-state index contributed by atoms with van der Waals surface area (Å²) in [7, 11) is 3.60. The van der Waals surface area contributed by atoms with E-state index in [-0.39, 0.29) is 0 Å². The van der Waals surface area contributed by atoms with Gasteiger partial charge in [0, 0.05) is 7.05 Å². The van der Waals surface area contributed by atoms with E-state index in [9.17, 15) is 0 Å². The zero-order valence-corrected chi connectivity index (χ0v) is 13.5. The lowest BCUT2D eigenvalue weighted by Gasteiger charge is -2.16. The quantitative estimate of drug-likeness (QED) is 0.893. The van der Waals surface area contributed by atoms with Gasteiger partial charge in [0.2, 0.25) is 0 Å². The van der Waals surface area contributed by atoms with Gasteiger partial charge in [-0.25, -0.2) is 0 Å². The number of benzene rings is 1. The number of nitrogens with zero attached hydrogens (tertiary/aromatic N) is 2. The van der Waals surface area contributed by atoms with Crippen molar-refractivity contribution in [3.8, 4) is 5.75 Å². The van der Waals surface area contributed by atoms with Crippen LogP contribution in [0.25, 0.3) is 0 Å². The molecule has 5 heteroatoms. The maximum atomic E-state index is 6.32. The third-order valence-electron chi connectivity index (χ3n) is 3.74. The molecule has 1 heterocycles. The van der Waals surface area contributed by atoms with Crippen molar-refractivity contribution in [3.63, 3.8) is 0 Å². The molecule has 0 saturated heterocycles. The zero-order valence-electron chi connectivity index (χ0n) is 12.8. The van der Waals surface area contributed by atoms with Gasteiger partial charge in [-0.2, -0.15) is 5.10 Å². The van der Waals surface area contributed by atoms with Crippen molar-refractivity contribution in [1.29, 1.82) is 0 Å². The van der Waals surface area contributed by atoms with Crippen LogP contribution < -0.4 is 10.5 Å². The number of aromatic nitrogens is 2. The van der Waals surface area contributed by atoms with E-state index < -0.39 is 0 Å². The van der Waals surface area contributed by atoms with Gasteiger partial charge in [-0.05, 0) is 49.9 Å². The topological polar surface area (TPSA) is 53.1 Å². The molecule has 4 nitrogen and oxygen atoms in total. The van der Waals surface area contributed by atoms with Crippen LogP contribution in [-0.2, 0) is 19.9 Å². The van der Waals surface area contributed by atoms with Gasteiger partial charge < -0.3 is 10.5 Å². The minimum atomic E-state index is 0.324. The summed E-state index contributed by atoms with van der Waals surface area (Å²) < 4.78 is 7.12. The van der Waals surface area contributed by atoms with Gasteiger partial charge >= 0.3 is 0 Å². The Bertz CT molecular complexity index is 610. The normalized spacial score (nSPS) is 12.4. The number of methoxy groups -OCH3 is 1. The second-order valence-corrected chi connectivity index (χ2v) is 5.71. The van der Waals surface area contributed by atoms with E-state index in [0.29, 0.717) is 12.5 Å². The summed E-state index contributed by atoms with van der Waals surface area (Å²) in [5.41, 5.74) is 9.08. The molecular weight excluding hydrogens is 286 g/mol. The number of halogens is 1. The molecule has 1 aromatic carbocycles. The van der Waals surface area contributed by atoms with Gasteiger partial charge in [0.1, 0.15) is 5.75 Å². The smallest absolute Gasteiger partial charge is 0.119 e. The molecule has 21 heavy (non-hydrogen) atoms. The van der Waals surface area contributed by atoms with Crippen LogP contribution in [0.15, 0.2) is 24.3 Å². The molecule has 0 fully saturated rings. The Kier molecular flexibility index (Phi) is 5.26. The van der Waals surface area contributed by atoms with Crippen molar-refractivity contribution >= 4 is 11.6 Å². The van der Waals surface area contributed by atoms with Gasteiger partial charge in [-0.15, -0.1) is 0 Å². The third kappa shape index (κ3) is 3.77. The summed E-state index contributed by atoms with van der Waals surface area (Å²) in [6, 6.07) is 8.10. The molecule has 1 aromatic heterocycles. The highest BCUT2D eigenvalue weighted by atomic mass is 35.5. The van der Waals surface area contributed by atoms with Gasteiger partial charge in [-0.1, -0.05) is 23.7 Å². The van der Waals surface area contributed by atoms with E-state index in [1.165, 1.54) is 5.56 Å². The molecule has 0 amide bonds. The van der Waals surface area contributed by atoms with Crippen LogP contribution in [0.1, 0.15) is 17.0 Å². The van der Waals surface area contributed by atoms with Crippen LogP contribution >= 0.6 is 11.6 Å². The number of hydrogen-bond donors (Lipinski definition) is 1. The Hall–Kier alpha value is -1.52. The number of rotatable bonds is 6. The predicted octanol–water partition coefficient (Wildman–Crippen LogP) is 2.75. The first-order chi connectivity index (χ1) is 10.0. The standard InChI is InChI=1S/C16H22ClN3O/c1-11-16(17)15(20(2)19-11)9-13(10-18)7-12-5-4-6-14(8-12)21-3/h4-6,8,13H,7,9-10,18H2,1-3H3. The Morgan fingerprint density at radius 3 is 2.71 bits per heavy atom. The molecule has 114 valence electrons. The molecule has 0 spiro atoms. The molecule has 0 bridgehead atoms. The molecule has 2 N–H and O–H groups in total. The highest BCUT2D eigenvalue weighted by Gasteiger charge is 2.17. The van der Waals surface area contributed by atoms with E-state index in [2.05, 4.69) is 17.2 Å². The van der Waals surface area contributed by atoms with E-state index in [1.807, 2.05) is 30.8 Å². The molecule has 1 unspecified atom stereocenters. The number of ether oxygens (including phenoxy) is 1. The first kappa shape index (κ1) is 15.9. The van der Waals surface area contributed by atoms with Crippen LogP contribution in [0, 0.1) is 12.8 Å². The fraction of sp³-hybridized carbons (Fsp3) is 0.438. The summed E-state index contributed by atoms with van der Waals surface area (Å²) in [6.07, 6.45) is 1.72. The molecule has 0 aliphatic heterocycles. The highest BCUT2D eigenvalue weighted by molar-refractivity contribution is 6.31. The van der Waals surface area contributed by atoms with Crippen LogP contribution in [0.5, 0.6) is 5.75 Å². The van der Waals surface area contributed by atoms with E-state index >= 15 is 0 Å². The number of nitrogens with two attached hydrogens (primary N) is 1. The van der Waals surface area contributed by atoms with Crippen molar-refractivity contribution in [3.05, 3.63) is 46.2 Å². The molecule has 0 saturated carbocycles. The molecule has 0 aliphatic rings. The maximum Gasteiger partial charge on any atom is 0.119 e.